The van der Waals surface area contributed by atoms with Crippen LogP contribution < -0.4 is 26.0 Å². The molecule has 0 bridgehead atoms. The van der Waals surface area contributed by atoms with Crippen LogP contribution >= 0.6 is 11.6 Å². The summed E-state index contributed by atoms with van der Waals surface area (Å²) in [5, 5.41) is 2.98. The van der Waals surface area contributed by atoms with Gasteiger partial charge < -0.3 is 14.8 Å². The summed E-state index contributed by atoms with van der Waals surface area (Å²) in [5.74, 6) is 0.419. The van der Waals surface area contributed by atoms with Crippen molar-refractivity contribution in [3.8, 4) is 22.9 Å². The van der Waals surface area contributed by atoms with Crippen LogP contribution in [0.5, 0.6) is 11.5 Å². The number of benzene rings is 2. The Morgan fingerprint density at radius 3 is 2.47 bits per heavy atom. The number of aryl methyl sites for hydroxylation is 1. The van der Waals surface area contributed by atoms with Gasteiger partial charge in [0.25, 0.3) is 5.56 Å². The number of hydrogen-bond acceptors (Lipinski definition) is 7. The molecule has 174 valence electrons. The molecule has 0 atom stereocenters. The van der Waals surface area contributed by atoms with E-state index in [0.29, 0.717) is 17.3 Å². The number of nitrogens with one attached hydrogen (secondary N) is 1. The van der Waals surface area contributed by atoms with Crippen molar-refractivity contribution in [2.45, 2.75) is 6.54 Å². The molecule has 34 heavy (non-hydrogen) atoms. The van der Waals surface area contributed by atoms with Gasteiger partial charge in [-0.3, -0.25) is 18.7 Å². The number of nitrogens with zero attached hydrogens (tertiary/aromatic N) is 4. The van der Waals surface area contributed by atoms with E-state index in [2.05, 4.69) is 15.3 Å². The fraction of sp³-hybridized carbons (Fsp3) is 0.174. The van der Waals surface area contributed by atoms with Crippen LogP contribution in [-0.4, -0.2) is 39.2 Å². The van der Waals surface area contributed by atoms with Gasteiger partial charge in [-0.15, -0.1) is 0 Å². The Morgan fingerprint density at radius 2 is 1.79 bits per heavy atom. The van der Waals surface area contributed by atoms with Crippen LogP contribution in [0.1, 0.15) is 0 Å². The van der Waals surface area contributed by atoms with E-state index in [1.54, 1.807) is 0 Å². The molecule has 1 N–H and O–H groups in total. The fourth-order valence-corrected chi connectivity index (χ4v) is 3.68. The van der Waals surface area contributed by atoms with Crippen molar-refractivity contribution in [1.29, 1.82) is 0 Å². The summed E-state index contributed by atoms with van der Waals surface area (Å²) in [6, 6.07) is 12.2. The Hall–Kier alpha value is -4.18. The Labute approximate surface area is 198 Å². The Kier molecular flexibility index (Phi) is 6.33. The van der Waals surface area contributed by atoms with Crippen LogP contribution in [0.25, 0.3) is 22.4 Å². The highest BCUT2D eigenvalue weighted by Gasteiger charge is 2.18. The van der Waals surface area contributed by atoms with Gasteiger partial charge in [0, 0.05) is 24.9 Å². The third-order valence-electron chi connectivity index (χ3n) is 5.16. The SMILES string of the molecule is COc1cc(OC)c(NC(=O)Cn2c(=O)c3cnc(-c4ccccc4)nc3n(C)c2=O)cc1Cl. The van der Waals surface area contributed by atoms with E-state index >= 15 is 0 Å². The molecule has 1 amide bonds. The summed E-state index contributed by atoms with van der Waals surface area (Å²) in [7, 11) is 4.35. The number of carbonyl (C=O) groups is 1. The molecule has 2 aromatic carbocycles. The molecular weight excluding hydrogens is 462 g/mol. The van der Waals surface area contributed by atoms with Gasteiger partial charge in [-0.05, 0) is 6.07 Å². The van der Waals surface area contributed by atoms with E-state index in [9.17, 15) is 14.4 Å². The van der Waals surface area contributed by atoms with Gasteiger partial charge in [0.15, 0.2) is 11.5 Å². The van der Waals surface area contributed by atoms with Crippen LogP contribution in [0.2, 0.25) is 5.02 Å². The summed E-state index contributed by atoms with van der Waals surface area (Å²) in [6.45, 7) is -0.533. The highest BCUT2D eigenvalue weighted by Crippen LogP contribution is 2.35. The molecule has 0 aliphatic carbocycles. The lowest BCUT2D eigenvalue weighted by atomic mass is 10.2. The van der Waals surface area contributed by atoms with E-state index < -0.39 is 23.7 Å². The number of fused-ring (bicyclic) bond motifs is 1. The van der Waals surface area contributed by atoms with Gasteiger partial charge in [-0.25, -0.2) is 14.8 Å². The normalized spacial score (nSPS) is 10.8. The molecule has 2 heterocycles. The molecule has 10 nitrogen and oxygen atoms in total. The van der Waals surface area contributed by atoms with Gasteiger partial charge in [-0.1, -0.05) is 41.9 Å². The Morgan fingerprint density at radius 1 is 1.09 bits per heavy atom. The van der Waals surface area contributed by atoms with E-state index in [-0.39, 0.29) is 21.7 Å². The lowest BCUT2D eigenvalue weighted by molar-refractivity contribution is -0.116. The number of hydrogen-bond donors (Lipinski definition) is 1. The number of carbonyl (C=O) groups excluding carboxylic acids is 1. The first-order valence-electron chi connectivity index (χ1n) is 10.1. The largest absolute Gasteiger partial charge is 0.495 e. The molecule has 0 saturated heterocycles. The smallest absolute Gasteiger partial charge is 0.332 e. The Bertz CT molecular complexity index is 1510. The van der Waals surface area contributed by atoms with Gasteiger partial charge in [0.05, 0.1) is 24.9 Å². The fourth-order valence-electron chi connectivity index (χ4n) is 3.44. The predicted octanol–water partition coefficient (Wildman–Crippen LogP) is 2.47. The highest BCUT2D eigenvalue weighted by atomic mass is 35.5. The topological polar surface area (TPSA) is 117 Å². The second-order valence-electron chi connectivity index (χ2n) is 7.27. The zero-order valence-corrected chi connectivity index (χ0v) is 19.3. The number of ether oxygens (including phenoxy) is 2. The lowest BCUT2D eigenvalue weighted by Crippen LogP contribution is -2.42. The standard InChI is InChI=1S/C23H20ClN5O5/c1-28-21-14(11-25-20(27-21)13-7-5-4-6-8-13)22(31)29(23(28)32)12-19(30)26-16-9-15(24)17(33-2)10-18(16)34-3/h4-11H,12H2,1-3H3,(H,26,30). The molecule has 4 rings (SSSR count). The average molecular weight is 482 g/mol. The van der Waals surface area contributed by atoms with Crippen molar-refractivity contribution in [3.05, 3.63) is 74.5 Å². The molecule has 0 aliphatic heterocycles. The number of aromatic nitrogens is 4. The molecular formula is C23H20ClN5O5. The third-order valence-corrected chi connectivity index (χ3v) is 5.46. The molecule has 0 saturated carbocycles. The van der Waals surface area contributed by atoms with Crippen LogP contribution in [0.15, 0.2) is 58.3 Å². The van der Waals surface area contributed by atoms with Gasteiger partial charge in [0.1, 0.15) is 23.4 Å². The maximum Gasteiger partial charge on any atom is 0.332 e. The minimum Gasteiger partial charge on any atom is -0.495 e. The number of methoxy groups -OCH3 is 2. The van der Waals surface area contributed by atoms with Gasteiger partial charge in [-0.2, -0.15) is 0 Å². The van der Waals surface area contributed by atoms with Crippen LogP contribution in [0.4, 0.5) is 5.69 Å². The van der Waals surface area contributed by atoms with Crippen LogP contribution in [0, 0.1) is 0 Å². The summed E-state index contributed by atoms with van der Waals surface area (Å²) in [5.41, 5.74) is -0.186. The minimum absolute atomic E-state index is 0.111. The van der Waals surface area contributed by atoms with E-state index in [1.807, 2.05) is 30.3 Å². The summed E-state index contributed by atoms with van der Waals surface area (Å²) in [4.78, 5) is 47.3. The van der Waals surface area contributed by atoms with Gasteiger partial charge in [0.2, 0.25) is 5.91 Å². The Balaban J connectivity index is 1.69. The molecule has 0 spiro atoms. The monoisotopic (exact) mass is 481 g/mol. The molecule has 0 unspecified atom stereocenters. The van der Waals surface area contributed by atoms with Crippen molar-refractivity contribution in [2.24, 2.45) is 7.05 Å². The second kappa shape index (κ2) is 9.36. The third kappa shape index (κ3) is 4.23. The zero-order valence-electron chi connectivity index (χ0n) is 18.5. The van der Waals surface area contributed by atoms with Crippen LogP contribution in [-0.2, 0) is 18.4 Å². The second-order valence-corrected chi connectivity index (χ2v) is 7.67. The highest BCUT2D eigenvalue weighted by molar-refractivity contribution is 6.32. The molecule has 0 radical (unpaired) electrons. The summed E-state index contributed by atoms with van der Waals surface area (Å²) < 4.78 is 12.4. The van der Waals surface area contributed by atoms with Crippen molar-refractivity contribution >= 4 is 34.2 Å². The molecule has 11 heteroatoms. The van der Waals surface area contributed by atoms with E-state index in [1.165, 1.54) is 44.2 Å². The predicted molar refractivity (Wildman–Crippen MR) is 128 cm³/mol. The number of rotatable bonds is 6. The first-order valence-corrected chi connectivity index (χ1v) is 10.4. The quantitative estimate of drug-likeness (QED) is 0.449. The van der Waals surface area contributed by atoms with Crippen molar-refractivity contribution in [2.75, 3.05) is 19.5 Å². The van der Waals surface area contributed by atoms with E-state index in [4.69, 9.17) is 21.1 Å². The van der Waals surface area contributed by atoms with E-state index in [0.717, 1.165) is 10.1 Å². The van der Waals surface area contributed by atoms with Crippen molar-refractivity contribution < 1.29 is 14.3 Å². The summed E-state index contributed by atoms with van der Waals surface area (Å²) >= 11 is 6.14. The summed E-state index contributed by atoms with van der Waals surface area (Å²) in [6.07, 6.45) is 1.35. The minimum atomic E-state index is -0.690. The average Bonchev–Trinajstić information content (AvgIpc) is 2.85. The van der Waals surface area contributed by atoms with Crippen molar-refractivity contribution in [1.82, 2.24) is 19.1 Å². The maximum atomic E-state index is 13.0. The number of anilines is 1. The molecule has 2 aromatic heterocycles. The molecule has 0 aliphatic rings. The zero-order chi connectivity index (χ0) is 24.4. The lowest BCUT2D eigenvalue weighted by Gasteiger charge is -2.14. The number of amides is 1. The van der Waals surface area contributed by atoms with Crippen LogP contribution in [0.3, 0.4) is 0 Å². The number of halogens is 1. The van der Waals surface area contributed by atoms with Crippen molar-refractivity contribution in [3.63, 3.8) is 0 Å². The molecule has 0 fully saturated rings. The first-order chi connectivity index (χ1) is 16.3. The maximum absolute atomic E-state index is 13.0. The first kappa shape index (κ1) is 23.0. The molecule has 4 aromatic rings. The van der Waals surface area contributed by atoms with Gasteiger partial charge >= 0.3 is 5.69 Å².